The van der Waals surface area contributed by atoms with Crippen LogP contribution in [-0.4, -0.2) is 21.1 Å². The van der Waals surface area contributed by atoms with E-state index in [4.69, 9.17) is 17.0 Å². The van der Waals surface area contributed by atoms with E-state index in [1.165, 1.54) is 4.88 Å². The molecule has 0 saturated carbocycles. The molecule has 104 valence electrons. The van der Waals surface area contributed by atoms with Gasteiger partial charge in [-0.15, -0.1) is 11.3 Å². The molecule has 0 amide bonds. The molecule has 0 bridgehead atoms. The highest BCUT2D eigenvalue weighted by atomic mass is 32.1. The SMILES string of the molecule is CCOc1cccc2c1[nH]c(=S)n2Cc1ncc(C)s1. The summed E-state index contributed by atoms with van der Waals surface area (Å²) in [6.07, 6.45) is 1.89. The number of thiazole rings is 1. The highest BCUT2D eigenvalue weighted by Gasteiger charge is 2.10. The Balaban J connectivity index is 2.09. The van der Waals surface area contributed by atoms with E-state index in [2.05, 4.69) is 21.5 Å². The molecule has 4 nitrogen and oxygen atoms in total. The van der Waals surface area contributed by atoms with Crippen molar-refractivity contribution in [3.63, 3.8) is 0 Å². The molecular weight excluding hydrogens is 290 g/mol. The smallest absolute Gasteiger partial charge is 0.178 e. The van der Waals surface area contributed by atoms with Gasteiger partial charge in [-0.05, 0) is 38.2 Å². The predicted molar refractivity (Wildman–Crippen MR) is 84.2 cm³/mol. The summed E-state index contributed by atoms with van der Waals surface area (Å²) in [6.45, 7) is 5.36. The molecule has 0 aliphatic rings. The van der Waals surface area contributed by atoms with Crippen molar-refractivity contribution < 1.29 is 4.74 Å². The van der Waals surface area contributed by atoms with Crippen molar-refractivity contribution in [3.05, 3.63) is 39.1 Å². The summed E-state index contributed by atoms with van der Waals surface area (Å²) >= 11 is 7.13. The van der Waals surface area contributed by atoms with Crippen molar-refractivity contribution in [1.82, 2.24) is 14.5 Å². The van der Waals surface area contributed by atoms with Crippen LogP contribution in [0.1, 0.15) is 16.8 Å². The van der Waals surface area contributed by atoms with Crippen LogP contribution >= 0.6 is 23.6 Å². The monoisotopic (exact) mass is 305 g/mol. The average Bonchev–Trinajstić information content (AvgIpc) is 2.97. The van der Waals surface area contributed by atoms with Gasteiger partial charge in [-0.3, -0.25) is 0 Å². The quantitative estimate of drug-likeness (QED) is 0.743. The van der Waals surface area contributed by atoms with Crippen molar-refractivity contribution in [2.45, 2.75) is 20.4 Å². The van der Waals surface area contributed by atoms with E-state index < -0.39 is 0 Å². The number of imidazole rings is 1. The number of nitrogens with zero attached hydrogens (tertiary/aromatic N) is 2. The van der Waals surface area contributed by atoms with E-state index in [1.54, 1.807) is 11.3 Å². The third kappa shape index (κ3) is 2.36. The van der Waals surface area contributed by atoms with Crippen LogP contribution in [-0.2, 0) is 6.54 Å². The molecule has 0 spiro atoms. The van der Waals surface area contributed by atoms with Crippen LogP contribution in [0.15, 0.2) is 24.4 Å². The topological polar surface area (TPSA) is 42.8 Å². The minimum absolute atomic E-state index is 0.635. The molecule has 1 N–H and O–H groups in total. The standard InChI is InChI=1S/C14H15N3OS2/c1-3-18-11-6-4-5-10-13(11)16-14(19)17(10)8-12-15-7-9(2)20-12/h4-7H,3,8H2,1-2H3,(H,16,19). The molecule has 0 fully saturated rings. The summed E-state index contributed by atoms with van der Waals surface area (Å²) in [4.78, 5) is 8.85. The Kier molecular flexibility index (Phi) is 3.58. The summed E-state index contributed by atoms with van der Waals surface area (Å²) in [5.74, 6) is 0.838. The molecule has 0 atom stereocenters. The lowest BCUT2D eigenvalue weighted by Crippen LogP contribution is -1.99. The Bertz CT molecular complexity index is 800. The summed E-state index contributed by atoms with van der Waals surface area (Å²) in [5.41, 5.74) is 2.00. The normalized spacial score (nSPS) is 11.1. The molecule has 0 aliphatic carbocycles. The number of hydrogen-bond donors (Lipinski definition) is 1. The highest BCUT2D eigenvalue weighted by molar-refractivity contribution is 7.71. The van der Waals surface area contributed by atoms with Gasteiger partial charge in [-0.1, -0.05) is 6.07 Å². The first-order chi connectivity index (χ1) is 9.69. The van der Waals surface area contributed by atoms with Crippen LogP contribution in [0.4, 0.5) is 0 Å². The van der Waals surface area contributed by atoms with Gasteiger partial charge in [0.25, 0.3) is 0 Å². The minimum atomic E-state index is 0.635. The van der Waals surface area contributed by atoms with Gasteiger partial charge in [0, 0.05) is 11.1 Å². The first-order valence-electron chi connectivity index (χ1n) is 6.44. The number of aryl methyl sites for hydroxylation is 1. The molecule has 2 heterocycles. The predicted octanol–water partition coefficient (Wildman–Crippen LogP) is 3.91. The molecule has 1 aromatic carbocycles. The molecule has 0 unspecified atom stereocenters. The number of aromatic nitrogens is 3. The molecule has 3 aromatic rings. The van der Waals surface area contributed by atoms with Crippen molar-refractivity contribution in [3.8, 4) is 5.75 Å². The number of nitrogens with one attached hydrogen (secondary N) is 1. The van der Waals surface area contributed by atoms with Gasteiger partial charge in [0.1, 0.15) is 16.3 Å². The average molecular weight is 305 g/mol. The molecule has 20 heavy (non-hydrogen) atoms. The lowest BCUT2D eigenvalue weighted by Gasteiger charge is -2.05. The largest absolute Gasteiger partial charge is 0.492 e. The van der Waals surface area contributed by atoms with Crippen molar-refractivity contribution in [1.29, 1.82) is 0 Å². The Labute approximate surface area is 126 Å². The van der Waals surface area contributed by atoms with Gasteiger partial charge < -0.3 is 14.3 Å². The number of H-pyrrole nitrogens is 1. The fourth-order valence-corrected chi connectivity index (χ4v) is 3.24. The lowest BCUT2D eigenvalue weighted by molar-refractivity contribution is 0.343. The second-order valence-corrected chi connectivity index (χ2v) is 6.17. The van der Waals surface area contributed by atoms with E-state index in [-0.39, 0.29) is 0 Å². The van der Waals surface area contributed by atoms with Crippen molar-refractivity contribution in [2.75, 3.05) is 6.61 Å². The van der Waals surface area contributed by atoms with Crippen molar-refractivity contribution >= 4 is 34.6 Å². The third-order valence-electron chi connectivity index (χ3n) is 3.03. The summed E-state index contributed by atoms with van der Waals surface area (Å²) < 4.78 is 8.39. The maximum absolute atomic E-state index is 5.64. The maximum Gasteiger partial charge on any atom is 0.178 e. The van der Waals surface area contributed by atoms with E-state index in [0.29, 0.717) is 17.9 Å². The Morgan fingerprint density at radius 2 is 2.30 bits per heavy atom. The molecular formula is C14H15N3OS2. The fourth-order valence-electron chi connectivity index (χ4n) is 2.20. The third-order valence-corrected chi connectivity index (χ3v) is 4.25. The molecule has 3 rings (SSSR count). The van der Waals surface area contributed by atoms with Gasteiger partial charge >= 0.3 is 0 Å². The maximum atomic E-state index is 5.64. The van der Waals surface area contributed by atoms with Gasteiger partial charge in [-0.2, -0.15) is 0 Å². The van der Waals surface area contributed by atoms with Crippen LogP contribution in [0, 0.1) is 11.7 Å². The van der Waals surface area contributed by atoms with E-state index in [1.807, 2.05) is 31.3 Å². The van der Waals surface area contributed by atoms with Crippen LogP contribution in [0.25, 0.3) is 11.0 Å². The molecule has 6 heteroatoms. The van der Waals surface area contributed by atoms with Crippen LogP contribution < -0.4 is 4.74 Å². The van der Waals surface area contributed by atoms with Gasteiger partial charge in [0.05, 0.1) is 18.7 Å². The number of benzene rings is 1. The summed E-state index contributed by atoms with van der Waals surface area (Å²) in [5, 5.41) is 1.06. The molecule has 2 aromatic heterocycles. The highest BCUT2D eigenvalue weighted by Crippen LogP contribution is 2.26. The number of rotatable bonds is 4. The number of para-hydroxylation sites is 1. The van der Waals surface area contributed by atoms with Crippen LogP contribution in [0.5, 0.6) is 5.75 Å². The summed E-state index contributed by atoms with van der Waals surface area (Å²) in [6, 6.07) is 5.99. The van der Waals surface area contributed by atoms with Gasteiger partial charge in [0.15, 0.2) is 4.77 Å². The van der Waals surface area contributed by atoms with Crippen molar-refractivity contribution in [2.24, 2.45) is 0 Å². The minimum Gasteiger partial charge on any atom is -0.492 e. The zero-order valence-corrected chi connectivity index (χ0v) is 13.0. The van der Waals surface area contributed by atoms with Gasteiger partial charge in [0.2, 0.25) is 0 Å². The fraction of sp³-hybridized carbons (Fsp3) is 0.286. The van der Waals surface area contributed by atoms with Crippen LogP contribution in [0.2, 0.25) is 0 Å². The Hall–Kier alpha value is -1.66. The summed E-state index contributed by atoms with van der Waals surface area (Å²) in [7, 11) is 0. The van der Waals surface area contributed by atoms with E-state index in [9.17, 15) is 0 Å². The lowest BCUT2D eigenvalue weighted by atomic mass is 10.3. The first-order valence-corrected chi connectivity index (χ1v) is 7.67. The zero-order chi connectivity index (χ0) is 14.1. The number of hydrogen-bond acceptors (Lipinski definition) is 4. The second kappa shape index (κ2) is 5.38. The van der Waals surface area contributed by atoms with Crippen LogP contribution in [0.3, 0.4) is 0 Å². The van der Waals surface area contributed by atoms with E-state index in [0.717, 1.165) is 21.8 Å². The molecule has 0 saturated heterocycles. The number of fused-ring (bicyclic) bond motifs is 1. The number of aromatic amines is 1. The van der Waals surface area contributed by atoms with E-state index >= 15 is 0 Å². The zero-order valence-electron chi connectivity index (χ0n) is 11.3. The Morgan fingerprint density at radius 3 is 3.00 bits per heavy atom. The molecule has 0 radical (unpaired) electrons. The number of ether oxygens (including phenoxy) is 1. The molecule has 0 aliphatic heterocycles. The van der Waals surface area contributed by atoms with Gasteiger partial charge in [-0.25, -0.2) is 4.98 Å². The second-order valence-electron chi connectivity index (χ2n) is 4.46. The first kappa shape index (κ1) is 13.3. The Morgan fingerprint density at radius 1 is 1.45 bits per heavy atom.